The zero-order valence-corrected chi connectivity index (χ0v) is 8.04. The van der Waals surface area contributed by atoms with Crippen molar-refractivity contribution < 1.29 is 23.4 Å². The Kier molecular flexibility index (Phi) is 4.89. The van der Waals surface area contributed by atoms with Crippen molar-refractivity contribution in [2.24, 2.45) is 0 Å². The van der Waals surface area contributed by atoms with Crippen molar-refractivity contribution in [2.45, 2.75) is 19.4 Å². The van der Waals surface area contributed by atoms with E-state index in [9.17, 15) is 13.2 Å². The maximum atomic E-state index is 10.9. The van der Waals surface area contributed by atoms with Gasteiger partial charge < -0.3 is 10.2 Å². The maximum absolute atomic E-state index is 10.9. The zero-order chi connectivity index (χ0) is 10.5. The molecule has 0 aliphatic heterocycles. The van der Waals surface area contributed by atoms with Gasteiger partial charge in [-0.3, -0.25) is 4.79 Å². The number of carboxylic acids is 1. The van der Waals surface area contributed by atoms with Crippen LogP contribution in [0, 0.1) is 0 Å². The summed E-state index contributed by atoms with van der Waals surface area (Å²) in [5, 5.41) is 17.0. The van der Waals surface area contributed by atoms with Crippen LogP contribution in [0.15, 0.2) is 0 Å². The molecule has 1 atom stereocenters. The summed E-state index contributed by atoms with van der Waals surface area (Å²) in [5.41, 5.74) is 0. The summed E-state index contributed by atoms with van der Waals surface area (Å²) in [7, 11) is -3.53. The third-order valence-electron chi connectivity index (χ3n) is 1.42. The zero-order valence-electron chi connectivity index (χ0n) is 7.23. The van der Waals surface area contributed by atoms with Gasteiger partial charge in [0.2, 0.25) is 10.0 Å². The van der Waals surface area contributed by atoms with Crippen molar-refractivity contribution in [1.82, 2.24) is 4.72 Å². The van der Waals surface area contributed by atoms with Crippen molar-refractivity contribution in [2.75, 3.05) is 12.4 Å². The first-order valence-electron chi connectivity index (χ1n) is 3.76. The van der Waals surface area contributed by atoms with Crippen molar-refractivity contribution in [3.8, 4) is 0 Å². The molecule has 13 heavy (non-hydrogen) atoms. The van der Waals surface area contributed by atoms with Gasteiger partial charge in [-0.15, -0.1) is 0 Å². The first kappa shape index (κ1) is 12.3. The quantitative estimate of drug-likeness (QED) is 0.510. The Morgan fingerprint density at radius 2 is 2.08 bits per heavy atom. The molecule has 0 bridgehead atoms. The smallest absolute Gasteiger partial charge is 0.321 e. The van der Waals surface area contributed by atoms with Crippen LogP contribution in [0.2, 0.25) is 0 Å². The molecule has 0 aromatic rings. The van der Waals surface area contributed by atoms with Crippen LogP contribution in [0.25, 0.3) is 0 Å². The van der Waals surface area contributed by atoms with Crippen LogP contribution in [-0.2, 0) is 14.8 Å². The molecule has 0 aliphatic carbocycles. The minimum absolute atomic E-state index is 0.130. The Hall–Kier alpha value is -0.660. The van der Waals surface area contributed by atoms with Gasteiger partial charge in [-0.25, -0.2) is 13.1 Å². The topological polar surface area (TPSA) is 104 Å². The van der Waals surface area contributed by atoms with Gasteiger partial charge in [-0.2, -0.15) is 0 Å². The van der Waals surface area contributed by atoms with Crippen LogP contribution >= 0.6 is 0 Å². The van der Waals surface area contributed by atoms with Gasteiger partial charge in [0.15, 0.2) is 0 Å². The summed E-state index contributed by atoms with van der Waals surface area (Å²) >= 11 is 0. The van der Waals surface area contributed by atoms with E-state index < -0.39 is 22.0 Å². The second-order valence-corrected chi connectivity index (χ2v) is 4.47. The average molecular weight is 211 g/mol. The van der Waals surface area contributed by atoms with E-state index in [4.69, 9.17) is 10.2 Å². The van der Waals surface area contributed by atoms with Crippen LogP contribution in [-0.4, -0.2) is 43.0 Å². The highest BCUT2D eigenvalue weighted by Crippen LogP contribution is 1.95. The molecule has 0 aromatic heterocycles. The number of rotatable bonds is 6. The number of aliphatic carboxylic acids is 1. The summed E-state index contributed by atoms with van der Waals surface area (Å²) in [6.07, 6.45) is -0.130. The number of aliphatic hydroxyl groups excluding tert-OH is 1. The molecule has 0 spiro atoms. The van der Waals surface area contributed by atoms with Crippen LogP contribution in [0.4, 0.5) is 0 Å². The van der Waals surface area contributed by atoms with Crippen LogP contribution in [0.5, 0.6) is 0 Å². The highest BCUT2D eigenvalue weighted by molar-refractivity contribution is 7.89. The van der Waals surface area contributed by atoms with Crippen LogP contribution < -0.4 is 4.72 Å². The number of carbonyl (C=O) groups is 1. The van der Waals surface area contributed by atoms with Crippen molar-refractivity contribution >= 4 is 16.0 Å². The second-order valence-electron chi connectivity index (χ2n) is 2.42. The molecular weight excluding hydrogens is 198 g/mol. The Balaban J connectivity index is 4.35. The average Bonchev–Trinajstić information content (AvgIpc) is 2.03. The summed E-state index contributed by atoms with van der Waals surface area (Å²) in [5.74, 6) is -1.46. The van der Waals surface area contributed by atoms with Crippen molar-refractivity contribution in [3.05, 3.63) is 0 Å². The lowest BCUT2D eigenvalue weighted by atomic mass is 10.2. The van der Waals surface area contributed by atoms with Gasteiger partial charge in [-0.05, 0) is 13.3 Å². The summed E-state index contributed by atoms with van der Waals surface area (Å²) in [6.45, 7) is 1.03. The Morgan fingerprint density at radius 3 is 2.38 bits per heavy atom. The Bertz CT molecular complexity index is 260. The Morgan fingerprint density at radius 1 is 1.54 bits per heavy atom. The third kappa shape index (κ3) is 4.81. The molecule has 0 saturated carbocycles. The molecule has 6 nitrogen and oxygen atoms in total. The number of nitrogens with one attached hydrogen (secondary N) is 1. The van der Waals surface area contributed by atoms with Crippen molar-refractivity contribution in [1.29, 1.82) is 0 Å². The van der Waals surface area contributed by atoms with E-state index in [-0.39, 0.29) is 18.8 Å². The molecule has 3 N–H and O–H groups in total. The number of sulfonamides is 1. The minimum Gasteiger partial charge on any atom is -0.480 e. The molecule has 1 unspecified atom stereocenters. The highest BCUT2D eigenvalue weighted by atomic mass is 32.2. The highest BCUT2D eigenvalue weighted by Gasteiger charge is 2.21. The number of aliphatic hydroxyl groups is 1. The molecule has 7 heteroatoms. The molecule has 78 valence electrons. The van der Waals surface area contributed by atoms with Gasteiger partial charge in [0.25, 0.3) is 0 Å². The number of hydrogen-bond donors (Lipinski definition) is 3. The predicted octanol–water partition coefficient (Wildman–Crippen LogP) is -1.24. The molecule has 0 rings (SSSR count). The molecule has 0 aliphatic rings. The standard InChI is InChI=1S/C6H13NO5S/c1-2-13(11,12)7-5(3-4-8)6(9)10/h5,7-8H,2-4H2,1H3,(H,9,10). The summed E-state index contributed by atoms with van der Waals surface area (Å²) in [4.78, 5) is 10.4. The molecule has 0 radical (unpaired) electrons. The largest absolute Gasteiger partial charge is 0.480 e. The van der Waals surface area contributed by atoms with Crippen LogP contribution in [0.1, 0.15) is 13.3 Å². The molecular formula is C6H13NO5S. The first-order chi connectivity index (χ1) is 5.93. The van der Waals surface area contributed by atoms with E-state index in [1.807, 2.05) is 4.72 Å². The summed E-state index contributed by atoms with van der Waals surface area (Å²) < 4.78 is 23.8. The van der Waals surface area contributed by atoms with Crippen LogP contribution in [0.3, 0.4) is 0 Å². The molecule has 0 amide bonds. The third-order valence-corrected chi connectivity index (χ3v) is 2.82. The monoisotopic (exact) mass is 211 g/mol. The van der Waals surface area contributed by atoms with E-state index in [1.165, 1.54) is 6.92 Å². The fourth-order valence-electron chi connectivity index (χ4n) is 0.662. The fraction of sp³-hybridized carbons (Fsp3) is 0.833. The molecule has 0 aromatic carbocycles. The SMILES string of the molecule is CCS(=O)(=O)NC(CCO)C(=O)O. The van der Waals surface area contributed by atoms with Gasteiger partial charge in [0.1, 0.15) is 6.04 Å². The van der Waals surface area contributed by atoms with Gasteiger partial charge in [-0.1, -0.05) is 0 Å². The van der Waals surface area contributed by atoms with E-state index >= 15 is 0 Å². The lowest BCUT2D eigenvalue weighted by molar-refractivity contribution is -0.139. The lowest BCUT2D eigenvalue weighted by Crippen LogP contribution is -2.41. The first-order valence-corrected chi connectivity index (χ1v) is 5.42. The number of hydrogen-bond acceptors (Lipinski definition) is 4. The molecule has 0 heterocycles. The van der Waals surface area contributed by atoms with Crippen molar-refractivity contribution in [3.63, 3.8) is 0 Å². The number of carboxylic acid groups (broad SMARTS) is 1. The van der Waals surface area contributed by atoms with E-state index in [2.05, 4.69) is 0 Å². The predicted molar refractivity (Wildman–Crippen MR) is 45.7 cm³/mol. The van der Waals surface area contributed by atoms with E-state index in [1.54, 1.807) is 0 Å². The van der Waals surface area contributed by atoms with E-state index in [0.717, 1.165) is 0 Å². The lowest BCUT2D eigenvalue weighted by Gasteiger charge is -2.11. The van der Waals surface area contributed by atoms with E-state index in [0.29, 0.717) is 0 Å². The van der Waals surface area contributed by atoms with Gasteiger partial charge >= 0.3 is 5.97 Å². The van der Waals surface area contributed by atoms with Gasteiger partial charge in [0.05, 0.1) is 5.75 Å². The molecule has 0 saturated heterocycles. The Labute approximate surface area is 76.6 Å². The minimum atomic E-state index is -3.53. The summed E-state index contributed by atoms with van der Waals surface area (Å²) in [6, 6.07) is -1.24. The molecule has 0 fully saturated rings. The van der Waals surface area contributed by atoms with Gasteiger partial charge in [0, 0.05) is 6.61 Å². The maximum Gasteiger partial charge on any atom is 0.321 e. The normalized spacial score (nSPS) is 14.0. The fourth-order valence-corrected chi connectivity index (χ4v) is 1.48. The second kappa shape index (κ2) is 5.15.